The smallest absolute Gasteiger partial charge is 0.407 e. The first-order valence-electron chi connectivity index (χ1n) is 10.5. The van der Waals surface area contributed by atoms with Gasteiger partial charge in [-0.1, -0.05) is 69.3 Å². The summed E-state index contributed by atoms with van der Waals surface area (Å²) in [6.07, 6.45) is 0.686. The van der Waals surface area contributed by atoms with Crippen LogP contribution in [0.1, 0.15) is 43.6 Å². The van der Waals surface area contributed by atoms with Gasteiger partial charge in [-0.2, -0.15) is 5.10 Å². The first-order valence-corrected chi connectivity index (χ1v) is 10.5. The second-order valence-electron chi connectivity index (χ2n) is 8.90. The lowest BCUT2D eigenvalue weighted by Crippen LogP contribution is -2.44. The van der Waals surface area contributed by atoms with Crippen LogP contribution in [0.3, 0.4) is 0 Å². The Morgan fingerprint density at radius 2 is 1.69 bits per heavy atom. The molecule has 1 atom stereocenters. The number of aromatic nitrogens is 3. The third-order valence-corrected chi connectivity index (χ3v) is 5.51. The topological polar surface area (TPSA) is 106 Å². The number of carbonyl (C=O) groups is 2. The minimum atomic E-state index is -1.19. The first kappa shape index (κ1) is 21.5. The molecule has 3 aromatic rings. The van der Waals surface area contributed by atoms with Crippen LogP contribution >= 0.6 is 0 Å². The molecule has 0 aliphatic heterocycles. The number of rotatable bonds is 6. The summed E-state index contributed by atoms with van der Waals surface area (Å²) in [5.41, 5.74) is 4.18. The number of nitrogens with one attached hydrogen (secondary N) is 1. The molecule has 1 unspecified atom stereocenters. The molecule has 166 valence electrons. The lowest BCUT2D eigenvalue weighted by atomic mass is 9.96. The molecule has 1 aromatic heterocycles. The summed E-state index contributed by atoms with van der Waals surface area (Å²) in [6.45, 7) is 5.97. The summed E-state index contributed by atoms with van der Waals surface area (Å²) in [5, 5.41) is 16.3. The maximum absolute atomic E-state index is 12.5. The van der Waals surface area contributed by atoms with Crippen molar-refractivity contribution in [1.29, 1.82) is 0 Å². The number of hydrogen-bond acceptors (Lipinski definition) is 5. The number of aliphatic carboxylic acids is 1. The summed E-state index contributed by atoms with van der Waals surface area (Å²) < 4.78 is 6.88. The van der Waals surface area contributed by atoms with Gasteiger partial charge in [-0.15, -0.1) is 0 Å². The van der Waals surface area contributed by atoms with Gasteiger partial charge in [-0.3, -0.25) is 0 Å². The lowest BCUT2D eigenvalue weighted by Gasteiger charge is -2.17. The van der Waals surface area contributed by atoms with Crippen molar-refractivity contribution in [2.45, 2.75) is 44.7 Å². The molecule has 0 radical (unpaired) electrons. The van der Waals surface area contributed by atoms with Gasteiger partial charge < -0.3 is 15.2 Å². The molecule has 8 heteroatoms. The Balaban J connectivity index is 1.41. The second-order valence-corrected chi connectivity index (χ2v) is 8.90. The van der Waals surface area contributed by atoms with Crippen LogP contribution in [0.2, 0.25) is 0 Å². The minimum absolute atomic E-state index is 0.0530. The zero-order chi connectivity index (χ0) is 22.9. The van der Waals surface area contributed by atoms with E-state index < -0.39 is 18.1 Å². The molecule has 0 bridgehead atoms. The molecule has 8 nitrogen and oxygen atoms in total. The highest BCUT2D eigenvalue weighted by atomic mass is 16.5. The average Bonchev–Trinajstić information content (AvgIpc) is 3.35. The zero-order valence-corrected chi connectivity index (χ0v) is 18.3. The van der Waals surface area contributed by atoms with Crippen LogP contribution in [0.15, 0.2) is 54.9 Å². The summed E-state index contributed by atoms with van der Waals surface area (Å²) in [6, 6.07) is 14.9. The highest BCUT2D eigenvalue weighted by Crippen LogP contribution is 2.44. The molecule has 1 amide bonds. The number of fused-ring (bicyclic) bond motifs is 3. The van der Waals surface area contributed by atoms with Gasteiger partial charge >= 0.3 is 12.1 Å². The first-order chi connectivity index (χ1) is 15.2. The van der Waals surface area contributed by atoms with Crippen LogP contribution in [0.25, 0.3) is 11.1 Å². The van der Waals surface area contributed by atoms with Crippen molar-refractivity contribution in [1.82, 2.24) is 20.1 Å². The third-order valence-electron chi connectivity index (χ3n) is 5.51. The molecule has 4 rings (SSSR count). The average molecular weight is 434 g/mol. The fourth-order valence-corrected chi connectivity index (χ4v) is 3.88. The molecule has 0 spiro atoms. The zero-order valence-electron chi connectivity index (χ0n) is 18.3. The maximum atomic E-state index is 12.5. The number of alkyl carbamates (subject to hydrolysis) is 1. The number of benzene rings is 2. The van der Waals surface area contributed by atoms with E-state index in [1.165, 1.54) is 11.0 Å². The van der Waals surface area contributed by atoms with E-state index in [-0.39, 0.29) is 24.5 Å². The van der Waals surface area contributed by atoms with E-state index in [4.69, 9.17) is 4.74 Å². The van der Waals surface area contributed by atoms with Gasteiger partial charge in [0.1, 0.15) is 19.0 Å². The number of carboxylic acid groups (broad SMARTS) is 1. The monoisotopic (exact) mass is 434 g/mol. The van der Waals surface area contributed by atoms with Crippen LogP contribution < -0.4 is 5.32 Å². The molecule has 1 heterocycles. The number of carbonyl (C=O) groups excluding carboxylic acids is 1. The lowest BCUT2D eigenvalue weighted by molar-refractivity contribution is -0.139. The molecule has 2 aromatic carbocycles. The fourth-order valence-electron chi connectivity index (χ4n) is 3.88. The number of ether oxygens (including phenoxy) is 1. The van der Waals surface area contributed by atoms with Crippen molar-refractivity contribution >= 4 is 12.1 Å². The quantitative estimate of drug-likeness (QED) is 0.614. The van der Waals surface area contributed by atoms with Crippen molar-refractivity contribution in [2.24, 2.45) is 0 Å². The number of amides is 1. The van der Waals surface area contributed by atoms with Gasteiger partial charge in [0.05, 0.1) is 6.54 Å². The normalized spacial score (nSPS) is 13.8. The number of nitrogens with zero attached hydrogens (tertiary/aromatic N) is 3. The Morgan fingerprint density at radius 1 is 1.09 bits per heavy atom. The van der Waals surface area contributed by atoms with Gasteiger partial charge in [0.15, 0.2) is 5.82 Å². The van der Waals surface area contributed by atoms with Gasteiger partial charge in [-0.25, -0.2) is 19.3 Å². The summed E-state index contributed by atoms with van der Waals surface area (Å²) in [5.74, 6) is -0.671. The molecule has 0 saturated heterocycles. The van der Waals surface area contributed by atoms with Gasteiger partial charge in [0.25, 0.3) is 0 Å². The van der Waals surface area contributed by atoms with E-state index in [9.17, 15) is 14.7 Å². The highest BCUT2D eigenvalue weighted by Gasteiger charge is 2.30. The van der Waals surface area contributed by atoms with E-state index in [2.05, 4.69) is 27.5 Å². The standard InChI is InChI=1S/C24H26N4O4/c1-24(2,3)22-25-14-28(27-22)12-20(21(29)30)26-23(31)32-13-19-17-10-6-4-8-15(17)16-9-5-7-11-18(16)19/h4-11,14,19-20H,12-13H2,1-3H3,(H,26,31)(H,29,30). The van der Waals surface area contributed by atoms with E-state index in [0.717, 1.165) is 22.3 Å². The van der Waals surface area contributed by atoms with E-state index >= 15 is 0 Å². The Morgan fingerprint density at radius 3 is 2.22 bits per heavy atom. The van der Waals surface area contributed by atoms with E-state index in [1.54, 1.807) is 0 Å². The van der Waals surface area contributed by atoms with E-state index in [1.807, 2.05) is 57.2 Å². The Kier molecular flexibility index (Phi) is 5.69. The third kappa shape index (κ3) is 4.34. The molecule has 32 heavy (non-hydrogen) atoms. The molecular weight excluding hydrogens is 408 g/mol. The van der Waals surface area contributed by atoms with Crippen LogP contribution in [-0.4, -0.2) is 44.6 Å². The highest BCUT2D eigenvalue weighted by molar-refractivity contribution is 5.81. The van der Waals surface area contributed by atoms with Gasteiger partial charge in [-0.05, 0) is 22.3 Å². The number of carboxylic acids is 1. The van der Waals surface area contributed by atoms with E-state index in [0.29, 0.717) is 5.82 Å². The fraction of sp³-hybridized carbons (Fsp3) is 0.333. The largest absolute Gasteiger partial charge is 0.480 e. The van der Waals surface area contributed by atoms with Crippen LogP contribution in [0, 0.1) is 0 Å². The van der Waals surface area contributed by atoms with Crippen molar-refractivity contribution in [3.05, 3.63) is 71.8 Å². The maximum Gasteiger partial charge on any atom is 0.407 e. The predicted molar refractivity (Wildman–Crippen MR) is 118 cm³/mol. The van der Waals surface area contributed by atoms with Gasteiger partial charge in [0.2, 0.25) is 0 Å². The van der Waals surface area contributed by atoms with Gasteiger partial charge in [0, 0.05) is 11.3 Å². The summed E-state index contributed by atoms with van der Waals surface area (Å²) in [7, 11) is 0. The van der Waals surface area contributed by atoms with Crippen LogP contribution in [-0.2, 0) is 21.5 Å². The van der Waals surface area contributed by atoms with Crippen molar-refractivity contribution in [3.63, 3.8) is 0 Å². The molecule has 1 aliphatic carbocycles. The minimum Gasteiger partial charge on any atom is -0.480 e. The molecule has 0 fully saturated rings. The molecule has 0 saturated carbocycles. The molecular formula is C24H26N4O4. The SMILES string of the molecule is CC(C)(C)c1ncn(CC(NC(=O)OCC2c3ccccc3-c3ccccc32)C(=O)O)n1. The Bertz CT molecular complexity index is 1100. The Labute approximate surface area is 186 Å². The van der Waals surface area contributed by atoms with Crippen LogP contribution in [0.5, 0.6) is 0 Å². The van der Waals surface area contributed by atoms with Crippen molar-refractivity contribution in [3.8, 4) is 11.1 Å². The molecule has 2 N–H and O–H groups in total. The Hall–Kier alpha value is -3.68. The second kappa shape index (κ2) is 8.45. The molecule has 1 aliphatic rings. The van der Waals surface area contributed by atoms with Crippen molar-refractivity contribution in [2.75, 3.05) is 6.61 Å². The van der Waals surface area contributed by atoms with Crippen molar-refractivity contribution < 1.29 is 19.4 Å². The van der Waals surface area contributed by atoms with Crippen LogP contribution in [0.4, 0.5) is 4.79 Å². The predicted octanol–water partition coefficient (Wildman–Crippen LogP) is 3.57. The summed E-state index contributed by atoms with van der Waals surface area (Å²) >= 11 is 0. The summed E-state index contributed by atoms with van der Waals surface area (Å²) in [4.78, 5) is 28.4. The number of hydrogen-bond donors (Lipinski definition) is 2.